The van der Waals surface area contributed by atoms with Crippen molar-refractivity contribution in [1.29, 1.82) is 0 Å². The molecule has 1 aromatic rings. The summed E-state index contributed by atoms with van der Waals surface area (Å²) >= 11 is 10.6. The lowest BCUT2D eigenvalue weighted by Gasteiger charge is -2.30. The van der Waals surface area contributed by atoms with Crippen molar-refractivity contribution in [3.05, 3.63) is 24.3 Å². The molecule has 23 heavy (non-hydrogen) atoms. The van der Waals surface area contributed by atoms with Gasteiger partial charge >= 0.3 is 0 Å². The third-order valence-corrected chi connectivity index (χ3v) is 4.50. The van der Waals surface area contributed by atoms with Crippen LogP contribution in [0, 0.1) is 5.92 Å². The molecule has 0 spiro atoms. The predicted molar refractivity (Wildman–Crippen MR) is 103 cm³/mol. The maximum Gasteiger partial charge on any atom is 0.189 e. The molecule has 0 saturated heterocycles. The number of anilines is 1. The molecule has 2 atom stereocenters. The molecule has 1 fully saturated rings. The van der Waals surface area contributed by atoms with Gasteiger partial charge in [-0.1, -0.05) is 31.9 Å². The fourth-order valence-electron chi connectivity index (χ4n) is 2.75. The van der Waals surface area contributed by atoms with Crippen LogP contribution in [0.3, 0.4) is 0 Å². The van der Waals surface area contributed by atoms with Crippen LogP contribution in [0.25, 0.3) is 0 Å². The van der Waals surface area contributed by atoms with E-state index in [1.165, 1.54) is 19.3 Å². The Bertz CT molecular complexity index is 553. The van der Waals surface area contributed by atoms with Crippen LogP contribution in [0.2, 0.25) is 0 Å². The number of rotatable bonds is 3. The molecule has 1 saturated carbocycles. The van der Waals surface area contributed by atoms with Crippen LogP contribution in [-0.4, -0.2) is 23.4 Å². The Balaban J connectivity index is 1.76. The average molecular weight is 353 g/mol. The van der Waals surface area contributed by atoms with Crippen LogP contribution >= 0.6 is 24.4 Å². The van der Waals surface area contributed by atoms with Crippen molar-refractivity contribution in [3.8, 4) is 5.75 Å². The van der Waals surface area contributed by atoms with Crippen LogP contribution in [-0.2, 0) is 0 Å². The zero-order chi connectivity index (χ0) is 16.7. The summed E-state index contributed by atoms with van der Waals surface area (Å²) in [5, 5.41) is 7.42. The van der Waals surface area contributed by atoms with E-state index in [2.05, 4.69) is 28.4 Å². The van der Waals surface area contributed by atoms with Crippen LogP contribution in [0.15, 0.2) is 24.3 Å². The van der Waals surface area contributed by atoms with E-state index in [4.69, 9.17) is 29.2 Å². The number of hydrogen-bond acceptors (Lipinski definition) is 3. The normalized spacial score (nSPS) is 20.3. The van der Waals surface area contributed by atoms with E-state index in [1.807, 2.05) is 24.3 Å². The molecule has 1 aromatic carbocycles. The lowest BCUT2D eigenvalue weighted by atomic mass is 9.86. The van der Waals surface area contributed by atoms with Gasteiger partial charge in [0.2, 0.25) is 0 Å². The van der Waals surface area contributed by atoms with E-state index in [0.29, 0.717) is 22.2 Å². The summed E-state index contributed by atoms with van der Waals surface area (Å²) in [7, 11) is 1.62. The first-order valence-electron chi connectivity index (χ1n) is 7.86. The third kappa shape index (κ3) is 5.51. The number of nitrogens with one attached hydrogen (secondary N) is 4. The molecule has 2 rings (SSSR count). The topological polar surface area (TPSA) is 57.4 Å². The molecular weight excluding hydrogens is 328 g/mol. The van der Waals surface area contributed by atoms with Gasteiger partial charge in [0.25, 0.3) is 0 Å². The van der Waals surface area contributed by atoms with Gasteiger partial charge in [0, 0.05) is 6.04 Å². The molecule has 0 heterocycles. The standard InChI is InChI=1S/C16H24N4OS2/c1-11-7-3-4-8-12(11)17-15(22)19-20-16(23)18-13-9-5-6-10-14(13)21-2/h5-6,9-12H,3-4,7-8H2,1-2H3,(H2,17,19,22)(H2,18,20,23)/t11-,12-/m0/s1. The van der Waals surface area contributed by atoms with Crippen molar-refractivity contribution in [2.45, 2.75) is 38.6 Å². The minimum absolute atomic E-state index is 0.426. The Morgan fingerprint density at radius 3 is 2.52 bits per heavy atom. The first-order valence-corrected chi connectivity index (χ1v) is 8.68. The summed E-state index contributed by atoms with van der Waals surface area (Å²) in [6.07, 6.45) is 4.98. The maximum atomic E-state index is 5.32. The molecule has 0 amide bonds. The fourth-order valence-corrected chi connectivity index (χ4v) is 3.11. The lowest BCUT2D eigenvalue weighted by Crippen LogP contribution is -2.52. The maximum absolute atomic E-state index is 5.32. The highest BCUT2D eigenvalue weighted by Crippen LogP contribution is 2.24. The molecule has 1 aliphatic rings. The van der Waals surface area contributed by atoms with Gasteiger partial charge in [-0.25, -0.2) is 0 Å². The summed E-state index contributed by atoms with van der Waals surface area (Å²) in [4.78, 5) is 0. The minimum Gasteiger partial charge on any atom is -0.495 e. The van der Waals surface area contributed by atoms with Gasteiger partial charge in [0.05, 0.1) is 12.8 Å². The van der Waals surface area contributed by atoms with Crippen molar-refractivity contribution < 1.29 is 4.74 Å². The van der Waals surface area contributed by atoms with Crippen molar-refractivity contribution in [3.63, 3.8) is 0 Å². The van der Waals surface area contributed by atoms with Crippen molar-refractivity contribution in [2.24, 2.45) is 5.92 Å². The predicted octanol–water partition coefficient (Wildman–Crippen LogP) is 2.94. The van der Waals surface area contributed by atoms with E-state index >= 15 is 0 Å². The Hall–Kier alpha value is -1.60. The molecule has 126 valence electrons. The Morgan fingerprint density at radius 1 is 1.09 bits per heavy atom. The second-order valence-corrected chi connectivity index (χ2v) is 6.56. The highest BCUT2D eigenvalue weighted by atomic mass is 32.1. The van der Waals surface area contributed by atoms with E-state index in [-0.39, 0.29) is 0 Å². The Labute approximate surface area is 148 Å². The molecule has 0 bridgehead atoms. The van der Waals surface area contributed by atoms with E-state index in [1.54, 1.807) is 7.11 Å². The third-order valence-electron chi connectivity index (χ3n) is 4.07. The minimum atomic E-state index is 0.426. The largest absolute Gasteiger partial charge is 0.495 e. The molecule has 5 nitrogen and oxygen atoms in total. The molecule has 7 heteroatoms. The summed E-state index contributed by atoms with van der Waals surface area (Å²) in [6.45, 7) is 2.26. The number of ether oxygens (including phenoxy) is 1. The number of methoxy groups -OCH3 is 1. The number of thiocarbonyl (C=S) groups is 2. The van der Waals surface area contributed by atoms with E-state index in [9.17, 15) is 0 Å². The molecule has 0 aromatic heterocycles. The summed E-state index contributed by atoms with van der Waals surface area (Å²) < 4.78 is 5.28. The summed E-state index contributed by atoms with van der Waals surface area (Å²) in [5.41, 5.74) is 6.63. The zero-order valence-electron chi connectivity index (χ0n) is 13.5. The fraction of sp³-hybridized carbons (Fsp3) is 0.500. The summed E-state index contributed by atoms with van der Waals surface area (Å²) in [5.74, 6) is 1.37. The Kier molecular flexibility index (Phi) is 6.85. The molecule has 4 N–H and O–H groups in total. The number of benzene rings is 1. The molecule has 0 radical (unpaired) electrons. The van der Waals surface area contributed by atoms with Crippen molar-refractivity contribution >= 4 is 40.3 Å². The average Bonchev–Trinajstić information content (AvgIpc) is 2.55. The van der Waals surface area contributed by atoms with Crippen LogP contribution in [0.4, 0.5) is 5.69 Å². The van der Waals surface area contributed by atoms with Crippen molar-refractivity contribution in [1.82, 2.24) is 16.2 Å². The highest BCUT2D eigenvalue weighted by Gasteiger charge is 2.21. The first kappa shape index (κ1) is 17.7. The van der Waals surface area contributed by atoms with Crippen LogP contribution in [0.1, 0.15) is 32.6 Å². The highest BCUT2D eigenvalue weighted by molar-refractivity contribution is 7.80. The number of hydrazine groups is 1. The second kappa shape index (κ2) is 8.88. The van der Waals surface area contributed by atoms with E-state index in [0.717, 1.165) is 17.9 Å². The molecule has 0 aliphatic heterocycles. The second-order valence-electron chi connectivity index (χ2n) is 5.75. The van der Waals surface area contributed by atoms with Crippen molar-refractivity contribution in [2.75, 3.05) is 12.4 Å². The zero-order valence-corrected chi connectivity index (χ0v) is 15.2. The molecule has 0 unspecified atom stereocenters. The van der Waals surface area contributed by atoms with Gasteiger partial charge in [-0.3, -0.25) is 10.9 Å². The monoisotopic (exact) mass is 352 g/mol. The van der Waals surface area contributed by atoms with Gasteiger partial charge in [-0.2, -0.15) is 0 Å². The Morgan fingerprint density at radius 2 is 1.78 bits per heavy atom. The van der Waals surface area contributed by atoms with E-state index < -0.39 is 0 Å². The summed E-state index contributed by atoms with van der Waals surface area (Å²) in [6, 6.07) is 8.02. The quantitative estimate of drug-likeness (QED) is 0.493. The molecular formula is C16H24N4OS2. The van der Waals surface area contributed by atoms with Crippen LogP contribution < -0.4 is 26.2 Å². The SMILES string of the molecule is COc1ccccc1NC(=S)NNC(=S)N[C@H]1CCCC[C@@H]1C. The van der Waals surface area contributed by atoms with Gasteiger partial charge in [0.1, 0.15) is 5.75 Å². The van der Waals surface area contributed by atoms with Gasteiger partial charge in [0.15, 0.2) is 10.2 Å². The lowest BCUT2D eigenvalue weighted by molar-refractivity contribution is 0.308. The molecule has 1 aliphatic carbocycles. The van der Waals surface area contributed by atoms with Gasteiger partial charge < -0.3 is 15.4 Å². The smallest absolute Gasteiger partial charge is 0.189 e. The number of para-hydroxylation sites is 2. The van der Waals surface area contributed by atoms with Crippen LogP contribution in [0.5, 0.6) is 5.75 Å². The van der Waals surface area contributed by atoms with Gasteiger partial charge in [-0.05, 0) is 55.3 Å². The first-order chi connectivity index (χ1) is 11.1. The number of hydrogen-bond donors (Lipinski definition) is 4. The van der Waals surface area contributed by atoms with Gasteiger partial charge in [-0.15, -0.1) is 0 Å².